The number of aliphatic carboxylic acids is 1. The summed E-state index contributed by atoms with van der Waals surface area (Å²) in [7, 11) is 0. The lowest BCUT2D eigenvalue weighted by Gasteiger charge is -2.31. The SMILES string of the molecule is O=C(O)[C@H]1CN(C(=O)c2ccc(Cl)cc2F)CCO1. The molecule has 1 heterocycles. The third-order valence-corrected chi connectivity index (χ3v) is 3.03. The van der Waals surface area contributed by atoms with Crippen molar-refractivity contribution in [2.75, 3.05) is 19.7 Å². The molecule has 2 rings (SSSR count). The summed E-state index contributed by atoms with van der Waals surface area (Å²) in [6.07, 6.45) is -1.08. The Kier molecular flexibility index (Phi) is 4.01. The topological polar surface area (TPSA) is 66.8 Å². The van der Waals surface area contributed by atoms with E-state index in [0.29, 0.717) is 0 Å². The van der Waals surface area contributed by atoms with Crippen molar-refractivity contribution >= 4 is 23.5 Å². The Morgan fingerprint density at radius 1 is 1.47 bits per heavy atom. The zero-order chi connectivity index (χ0) is 14.0. The van der Waals surface area contributed by atoms with Gasteiger partial charge in [-0.25, -0.2) is 9.18 Å². The van der Waals surface area contributed by atoms with Crippen LogP contribution in [0.4, 0.5) is 4.39 Å². The van der Waals surface area contributed by atoms with E-state index in [4.69, 9.17) is 21.4 Å². The third-order valence-electron chi connectivity index (χ3n) is 2.79. The van der Waals surface area contributed by atoms with E-state index in [2.05, 4.69) is 0 Å². The Labute approximate surface area is 113 Å². The van der Waals surface area contributed by atoms with E-state index >= 15 is 0 Å². The Hall–Kier alpha value is -1.66. The first kappa shape index (κ1) is 13.8. The Bertz CT molecular complexity index is 522. The molecule has 1 aliphatic rings. The van der Waals surface area contributed by atoms with E-state index in [0.717, 1.165) is 6.07 Å². The van der Waals surface area contributed by atoms with Gasteiger partial charge in [-0.1, -0.05) is 11.6 Å². The highest BCUT2D eigenvalue weighted by Crippen LogP contribution is 2.17. The maximum absolute atomic E-state index is 13.6. The van der Waals surface area contributed by atoms with Crippen LogP contribution in [0, 0.1) is 5.82 Å². The normalized spacial score (nSPS) is 19.3. The predicted molar refractivity (Wildman–Crippen MR) is 64.7 cm³/mol. The molecule has 0 aliphatic carbocycles. The summed E-state index contributed by atoms with van der Waals surface area (Å²) < 4.78 is 18.6. The van der Waals surface area contributed by atoms with Gasteiger partial charge in [0.25, 0.3) is 5.91 Å². The summed E-state index contributed by atoms with van der Waals surface area (Å²) in [5.41, 5.74) is -0.129. The summed E-state index contributed by atoms with van der Waals surface area (Å²) in [4.78, 5) is 24.2. The molecule has 1 amide bonds. The van der Waals surface area contributed by atoms with Crippen molar-refractivity contribution in [3.8, 4) is 0 Å². The molecule has 0 radical (unpaired) electrons. The fraction of sp³-hybridized carbons (Fsp3) is 0.333. The van der Waals surface area contributed by atoms with Gasteiger partial charge in [-0.05, 0) is 18.2 Å². The fourth-order valence-electron chi connectivity index (χ4n) is 1.82. The van der Waals surface area contributed by atoms with Crippen molar-refractivity contribution in [1.82, 2.24) is 4.90 Å². The second kappa shape index (κ2) is 5.54. The summed E-state index contributed by atoms with van der Waals surface area (Å²) in [5.74, 6) is -2.44. The fourth-order valence-corrected chi connectivity index (χ4v) is 1.98. The highest BCUT2D eigenvalue weighted by Gasteiger charge is 2.30. The van der Waals surface area contributed by atoms with E-state index in [9.17, 15) is 14.0 Å². The van der Waals surface area contributed by atoms with Crippen molar-refractivity contribution in [3.63, 3.8) is 0 Å². The second-order valence-corrected chi connectivity index (χ2v) is 4.51. The van der Waals surface area contributed by atoms with Crippen LogP contribution in [0.3, 0.4) is 0 Å². The van der Waals surface area contributed by atoms with Gasteiger partial charge >= 0.3 is 5.97 Å². The Morgan fingerprint density at radius 3 is 2.84 bits per heavy atom. The molecule has 0 bridgehead atoms. The molecule has 102 valence electrons. The Balaban J connectivity index is 2.17. The number of halogens is 2. The minimum Gasteiger partial charge on any atom is -0.479 e. The summed E-state index contributed by atoms with van der Waals surface area (Å²) in [6.45, 7) is 0.235. The average Bonchev–Trinajstić information content (AvgIpc) is 2.38. The van der Waals surface area contributed by atoms with Crippen LogP contribution in [0.15, 0.2) is 18.2 Å². The minimum atomic E-state index is -1.14. The molecule has 5 nitrogen and oxygen atoms in total. The van der Waals surface area contributed by atoms with Crippen LogP contribution in [-0.2, 0) is 9.53 Å². The van der Waals surface area contributed by atoms with Gasteiger partial charge < -0.3 is 14.7 Å². The summed E-state index contributed by atoms with van der Waals surface area (Å²) in [5, 5.41) is 9.04. The van der Waals surface area contributed by atoms with E-state index < -0.39 is 23.8 Å². The first-order valence-corrected chi connectivity index (χ1v) is 5.95. The number of hydrogen-bond donors (Lipinski definition) is 1. The van der Waals surface area contributed by atoms with Crippen molar-refractivity contribution in [2.24, 2.45) is 0 Å². The highest BCUT2D eigenvalue weighted by molar-refractivity contribution is 6.30. The van der Waals surface area contributed by atoms with E-state index in [1.54, 1.807) is 0 Å². The number of nitrogens with zero attached hydrogens (tertiary/aromatic N) is 1. The molecule has 1 saturated heterocycles. The molecule has 1 fully saturated rings. The lowest BCUT2D eigenvalue weighted by molar-refractivity contribution is -0.154. The maximum Gasteiger partial charge on any atom is 0.334 e. The van der Waals surface area contributed by atoms with E-state index in [1.807, 2.05) is 0 Å². The van der Waals surface area contributed by atoms with Crippen molar-refractivity contribution in [3.05, 3.63) is 34.6 Å². The second-order valence-electron chi connectivity index (χ2n) is 4.07. The van der Waals surface area contributed by atoms with Gasteiger partial charge in [-0.3, -0.25) is 4.79 Å². The molecule has 0 spiro atoms. The first-order valence-electron chi connectivity index (χ1n) is 5.58. The number of rotatable bonds is 2. The zero-order valence-corrected chi connectivity index (χ0v) is 10.6. The molecule has 1 N–H and O–H groups in total. The van der Waals surface area contributed by atoms with Crippen LogP contribution in [0.2, 0.25) is 5.02 Å². The van der Waals surface area contributed by atoms with Crippen LogP contribution in [0.1, 0.15) is 10.4 Å². The first-order chi connectivity index (χ1) is 8.99. The van der Waals surface area contributed by atoms with Crippen LogP contribution in [0.25, 0.3) is 0 Å². The lowest BCUT2D eigenvalue weighted by Crippen LogP contribution is -2.48. The lowest BCUT2D eigenvalue weighted by atomic mass is 10.1. The standard InChI is InChI=1S/C12H11ClFNO4/c13-7-1-2-8(9(14)5-7)11(16)15-3-4-19-10(6-15)12(17)18/h1-2,5,10H,3-4,6H2,(H,17,18)/t10-/m1/s1. The van der Waals surface area contributed by atoms with Gasteiger partial charge in [0.1, 0.15) is 5.82 Å². The molecular formula is C12H11ClFNO4. The van der Waals surface area contributed by atoms with Gasteiger partial charge in [0.15, 0.2) is 6.10 Å². The molecule has 7 heteroatoms. The summed E-state index contributed by atoms with van der Waals surface area (Å²) in [6, 6.07) is 3.74. The third kappa shape index (κ3) is 3.02. The predicted octanol–water partition coefficient (Wildman–Crippen LogP) is 1.40. The zero-order valence-electron chi connectivity index (χ0n) is 9.81. The van der Waals surface area contributed by atoms with Crippen LogP contribution in [0.5, 0.6) is 0 Å². The van der Waals surface area contributed by atoms with Gasteiger partial charge in [0.2, 0.25) is 0 Å². The molecule has 19 heavy (non-hydrogen) atoms. The molecule has 0 aromatic heterocycles. The quantitative estimate of drug-likeness (QED) is 0.893. The number of carbonyl (C=O) groups excluding carboxylic acids is 1. The number of amides is 1. The van der Waals surface area contributed by atoms with Crippen LogP contribution in [-0.4, -0.2) is 47.7 Å². The Morgan fingerprint density at radius 2 is 2.21 bits per heavy atom. The molecule has 1 aliphatic heterocycles. The van der Waals surface area contributed by atoms with Gasteiger partial charge in [0, 0.05) is 11.6 Å². The van der Waals surface area contributed by atoms with Crippen molar-refractivity contribution < 1.29 is 23.8 Å². The van der Waals surface area contributed by atoms with Crippen molar-refractivity contribution in [2.45, 2.75) is 6.10 Å². The minimum absolute atomic E-state index is 0.101. The molecular weight excluding hydrogens is 277 g/mol. The molecule has 1 aromatic rings. The number of carboxylic acid groups (broad SMARTS) is 1. The van der Waals surface area contributed by atoms with Crippen LogP contribution >= 0.6 is 11.6 Å². The number of benzene rings is 1. The molecule has 0 unspecified atom stereocenters. The number of hydrogen-bond acceptors (Lipinski definition) is 3. The highest BCUT2D eigenvalue weighted by atomic mass is 35.5. The summed E-state index contributed by atoms with van der Waals surface area (Å²) >= 11 is 5.61. The maximum atomic E-state index is 13.6. The number of carbonyl (C=O) groups is 2. The van der Waals surface area contributed by atoms with Crippen molar-refractivity contribution in [1.29, 1.82) is 0 Å². The largest absolute Gasteiger partial charge is 0.479 e. The average molecular weight is 288 g/mol. The van der Waals surface area contributed by atoms with E-state index in [-0.39, 0.29) is 30.3 Å². The number of ether oxygens (including phenoxy) is 1. The molecule has 1 atom stereocenters. The number of morpholine rings is 1. The van der Waals surface area contributed by atoms with Gasteiger partial charge in [-0.2, -0.15) is 0 Å². The van der Waals surface area contributed by atoms with Crippen LogP contribution < -0.4 is 0 Å². The molecule has 0 saturated carbocycles. The van der Waals surface area contributed by atoms with Gasteiger partial charge in [0.05, 0.1) is 18.7 Å². The smallest absolute Gasteiger partial charge is 0.334 e. The van der Waals surface area contributed by atoms with Gasteiger partial charge in [-0.15, -0.1) is 0 Å². The number of carboxylic acids is 1. The molecule has 1 aromatic carbocycles. The monoisotopic (exact) mass is 287 g/mol. The van der Waals surface area contributed by atoms with E-state index in [1.165, 1.54) is 17.0 Å².